The predicted octanol–water partition coefficient (Wildman–Crippen LogP) is 4.78. The third-order valence-electron chi connectivity index (χ3n) is 3.12. The number of halogens is 3. The van der Waals surface area contributed by atoms with E-state index in [1.807, 2.05) is 0 Å². The van der Waals surface area contributed by atoms with Gasteiger partial charge < -0.3 is 15.2 Å². The molecule has 0 spiro atoms. The molecule has 0 bridgehead atoms. The van der Waals surface area contributed by atoms with E-state index in [1.165, 1.54) is 36.4 Å². The van der Waals surface area contributed by atoms with Crippen molar-refractivity contribution in [3.8, 4) is 5.75 Å². The molecule has 0 radical (unpaired) electrons. The Morgan fingerprint density at radius 1 is 1.19 bits per heavy atom. The number of ether oxygens (including phenoxy) is 1. The van der Waals surface area contributed by atoms with Crippen LogP contribution in [0, 0.1) is 0 Å². The number of hydrogen-bond acceptors (Lipinski definition) is 4. The van der Waals surface area contributed by atoms with E-state index in [2.05, 4.69) is 10.1 Å². The Morgan fingerprint density at radius 3 is 2.50 bits per heavy atom. The first-order valence-corrected chi connectivity index (χ1v) is 8.21. The molecule has 0 aromatic heterocycles. The summed E-state index contributed by atoms with van der Waals surface area (Å²) in [7, 11) is 0. The van der Waals surface area contributed by atoms with Gasteiger partial charge in [-0.25, -0.2) is 4.79 Å². The third-order valence-corrected chi connectivity index (χ3v) is 4.17. The summed E-state index contributed by atoms with van der Waals surface area (Å²) in [6, 6.07) is 9.72. The first-order valence-electron chi connectivity index (χ1n) is 7.39. The molecule has 5 nitrogen and oxygen atoms in total. The Labute approximate surface area is 151 Å². The molecule has 0 heterocycles. The molecular formula is C17H14F3NO4S. The molecule has 0 aliphatic carbocycles. The van der Waals surface area contributed by atoms with Crippen LogP contribution in [-0.4, -0.2) is 23.3 Å². The monoisotopic (exact) mass is 385 g/mol. The summed E-state index contributed by atoms with van der Waals surface area (Å²) in [5.74, 6) is -2.00. The van der Waals surface area contributed by atoms with Gasteiger partial charge in [0.15, 0.2) is 0 Å². The quantitative estimate of drug-likeness (QED) is 0.748. The van der Waals surface area contributed by atoms with Crippen molar-refractivity contribution in [3.05, 3.63) is 48.0 Å². The lowest BCUT2D eigenvalue weighted by Gasteiger charge is -2.13. The smallest absolute Gasteiger partial charge is 0.478 e. The molecule has 0 aliphatic heterocycles. The molecular weight excluding hydrogens is 371 g/mol. The number of alkyl halides is 3. The van der Waals surface area contributed by atoms with Crippen LogP contribution in [0.25, 0.3) is 0 Å². The number of hydrogen-bond donors (Lipinski definition) is 2. The number of amides is 1. The van der Waals surface area contributed by atoms with Crippen molar-refractivity contribution in [2.75, 3.05) is 5.32 Å². The second-order valence-electron chi connectivity index (χ2n) is 5.01. The van der Waals surface area contributed by atoms with E-state index in [9.17, 15) is 27.9 Å². The van der Waals surface area contributed by atoms with Gasteiger partial charge in [0.05, 0.1) is 16.1 Å². The lowest BCUT2D eigenvalue weighted by atomic mass is 10.1. The third kappa shape index (κ3) is 5.41. The second kappa shape index (κ2) is 8.13. The van der Waals surface area contributed by atoms with Crippen molar-refractivity contribution < 1.29 is 32.6 Å². The van der Waals surface area contributed by atoms with Crippen LogP contribution in [0.2, 0.25) is 0 Å². The van der Waals surface area contributed by atoms with Crippen molar-refractivity contribution in [3.63, 3.8) is 0 Å². The number of carbonyl (C=O) groups is 2. The van der Waals surface area contributed by atoms with E-state index in [1.54, 1.807) is 13.0 Å². The molecule has 2 aromatic rings. The highest BCUT2D eigenvalue weighted by molar-refractivity contribution is 7.99. The Balaban J connectivity index is 2.32. The van der Waals surface area contributed by atoms with E-state index in [4.69, 9.17) is 0 Å². The van der Waals surface area contributed by atoms with E-state index in [0.717, 1.165) is 11.8 Å². The fourth-order valence-electron chi connectivity index (χ4n) is 1.98. The predicted molar refractivity (Wildman–Crippen MR) is 89.6 cm³/mol. The first kappa shape index (κ1) is 19.6. The van der Waals surface area contributed by atoms with Gasteiger partial charge in [0.25, 0.3) is 0 Å². The molecule has 0 aliphatic rings. The number of anilines is 1. The van der Waals surface area contributed by atoms with Crippen molar-refractivity contribution in [1.82, 2.24) is 0 Å². The first-order chi connectivity index (χ1) is 12.2. The summed E-state index contributed by atoms with van der Waals surface area (Å²) in [5, 5.41) is 11.8. The van der Waals surface area contributed by atoms with Crippen molar-refractivity contribution in [1.29, 1.82) is 0 Å². The number of carboxylic acid groups (broad SMARTS) is 1. The van der Waals surface area contributed by atoms with Gasteiger partial charge in [0.1, 0.15) is 5.75 Å². The Kier molecular flexibility index (Phi) is 6.14. The van der Waals surface area contributed by atoms with Crippen LogP contribution < -0.4 is 10.1 Å². The molecule has 0 atom stereocenters. The molecule has 0 fully saturated rings. The summed E-state index contributed by atoms with van der Waals surface area (Å²) in [5.41, 5.74) is -0.0421. The van der Waals surface area contributed by atoms with Crippen LogP contribution in [-0.2, 0) is 4.79 Å². The summed E-state index contributed by atoms with van der Waals surface area (Å²) >= 11 is 0.919. The number of benzene rings is 2. The molecule has 0 saturated carbocycles. The molecule has 138 valence electrons. The van der Waals surface area contributed by atoms with E-state index in [-0.39, 0.29) is 34.2 Å². The molecule has 0 saturated heterocycles. The highest BCUT2D eigenvalue weighted by atomic mass is 32.2. The maximum atomic E-state index is 12.5. The minimum Gasteiger partial charge on any atom is -0.478 e. The standard InChI is InChI=1S/C17H14F3NO4S/c1-2-15(22)21-12-8-7-10(9-11(12)16(23)24)26-14-6-4-3-5-13(14)25-17(18,19)20/h3-9H,2H2,1H3,(H,21,22)(H,23,24). The van der Waals surface area contributed by atoms with E-state index >= 15 is 0 Å². The van der Waals surface area contributed by atoms with Crippen LogP contribution >= 0.6 is 11.8 Å². The van der Waals surface area contributed by atoms with Crippen LogP contribution in [0.3, 0.4) is 0 Å². The molecule has 9 heteroatoms. The lowest BCUT2D eigenvalue weighted by molar-refractivity contribution is -0.275. The van der Waals surface area contributed by atoms with Crippen LogP contribution in [0.5, 0.6) is 5.75 Å². The number of aromatic carboxylic acids is 1. The van der Waals surface area contributed by atoms with Crippen molar-refractivity contribution >= 4 is 29.3 Å². The largest absolute Gasteiger partial charge is 0.573 e. The van der Waals surface area contributed by atoms with Gasteiger partial charge in [0.2, 0.25) is 5.91 Å². The molecule has 1 amide bonds. The minimum atomic E-state index is -4.84. The Morgan fingerprint density at radius 2 is 1.88 bits per heavy atom. The number of carbonyl (C=O) groups excluding carboxylic acids is 1. The number of nitrogens with one attached hydrogen (secondary N) is 1. The van der Waals surface area contributed by atoms with Gasteiger partial charge in [-0.15, -0.1) is 13.2 Å². The van der Waals surface area contributed by atoms with Crippen LogP contribution in [0.15, 0.2) is 52.3 Å². The summed E-state index contributed by atoms with van der Waals surface area (Å²) < 4.78 is 41.4. The zero-order chi connectivity index (χ0) is 19.3. The maximum Gasteiger partial charge on any atom is 0.573 e. The molecule has 0 unspecified atom stereocenters. The fraction of sp³-hybridized carbons (Fsp3) is 0.176. The zero-order valence-corrected chi connectivity index (χ0v) is 14.3. The maximum absolute atomic E-state index is 12.5. The van der Waals surface area contributed by atoms with Crippen molar-refractivity contribution in [2.24, 2.45) is 0 Å². The number of carboxylic acids is 1. The highest BCUT2D eigenvalue weighted by Gasteiger charge is 2.32. The SMILES string of the molecule is CCC(=O)Nc1ccc(Sc2ccccc2OC(F)(F)F)cc1C(=O)O. The molecule has 26 heavy (non-hydrogen) atoms. The molecule has 2 rings (SSSR count). The average molecular weight is 385 g/mol. The zero-order valence-electron chi connectivity index (χ0n) is 13.5. The summed E-state index contributed by atoms with van der Waals surface area (Å²) in [4.78, 5) is 23.5. The number of para-hydroxylation sites is 1. The van der Waals surface area contributed by atoms with Gasteiger partial charge in [-0.1, -0.05) is 30.8 Å². The van der Waals surface area contributed by atoms with Crippen molar-refractivity contribution in [2.45, 2.75) is 29.5 Å². The lowest BCUT2D eigenvalue weighted by Crippen LogP contribution is -2.17. The van der Waals surface area contributed by atoms with Crippen LogP contribution in [0.4, 0.5) is 18.9 Å². The Hall–Kier alpha value is -2.68. The second-order valence-corrected chi connectivity index (χ2v) is 6.13. The van der Waals surface area contributed by atoms with Gasteiger partial charge >= 0.3 is 12.3 Å². The van der Waals surface area contributed by atoms with Gasteiger partial charge in [-0.3, -0.25) is 4.79 Å². The van der Waals surface area contributed by atoms with E-state index in [0.29, 0.717) is 4.90 Å². The molecule has 2 N–H and O–H groups in total. The molecule has 2 aromatic carbocycles. The summed E-state index contributed by atoms with van der Waals surface area (Å²) in [6.07, 6.45) is -4.66. The van der Waals surface area contributed by atoms with E-state index < -0.39 is 12.3 Å². The summed E-state index contributed by atoms with van der Waals surface area (Å²) in [6.45, 7) is 1.62. The van der Waals surface area contributed by atoms with Gasteiger partial charge in [-0.05, 0) is 30.3 Å². The van der Waals surface area contributed by atoms with Gasteiger partial charge in [0, 0.05) is 11.3 Å². The minimum absolute atomic E-state index is 0.119. The fourth-order valence-corrected chi connectivity index (χ4v) is 2.91. The number of rotatable bonds is 6. The normalized spacial score (nSPS) is 11.1. The average Bonchev–Trinajstić information content (AvgIpc) is 2.56. The van der Waals surface area contributed by atoms with Gasteiger partial charge in [-0.2, -0.15) is 0 Å². The van der Waals surface area contributed by atoms with Crippen LogP contribution in [0.1, 0.15) is 23.7 Å². The topological polar surface area (TPSA) is 75.6 Å². The Bertz CT molecular complexity index is 824. The highest BCUT2D eigenvalue weighted by Crippen LogP contribution is 2.38.